The summed E-state index contributed by atoms with van der Waals surface area (Å²) in [4.78, 5) is 13.6. The molecule has 1 amide bonds. The molecule has 1 N–H and O–H groups in total. The number of hydrogen-bond acceptors (Lipinski definition) is 4. The van der Waals surface area contributed by atoms with Crippen molar-refractivity contribution < 1.29 is 9.53 Å². The second-order valence-corrected chi connectivity index (χ2v) is 6.70. The van der Waals surface area contributed by atoms with Gasteiger partial charge < -0.3 is 10.1 Å². The predicted octanol–water partition coefficient (Wildman–Crippen LogP) is 3.50. The van der Waals surface area contributed by atoms with Crippen LogP contribution in [0.3, 0.4) is 0 Å². The van der Waals surface area contributed by atoms with Gasteiger partial charge in [-0.2, -0.15) is 5.10 Å². The molecule has 24 heavy (non-hydrogen) atoms. The van der Waals surface area contributed by atoms with Crippen molar-refractivity contribution in [1.82, 2.24) is 15.1 Å². The Morgan fingerprint density at radius 2 is 2.08 bits per heavy atom. The van der Waals surface area contributed by atoms with Gasteiger partial charge in [-0.15, -0.1) is 11.3 Å². The molecule has 0 bridgehead atoms. The number of aromatic nitrogens is 2. The van der Waals surface area contributed by atoms with Crippen LogP contribution in [0.4, 0.5) is 0 Å². The van der Waals surface area contributed by atoms with E-state index in [1.54, 1.807) is 23.1 Å². The Balaban J connectivity index is 1.75. The lowest BCUT2D eigenvalue weighted by Crippen LogP contribution is -2.27. The van der Waals surface area contributed by atoms with Crippen molar-refractivity contribution >= 4 is 17.2 Å². The van der Waals surface area contributed by atoms with Gasteiger partial charge in [0.25, 0.3) is 5.91 Å². The summed E-state index contributed by atoms with van der Waals surface area (Å²) in [6.45, 7) is 0. The normalized spacial score (nSPS) is 13.7. The van der Waals surface area contributed by atoms with E-state index in [-0.39, 0.29) is 5.91 Å². The summed E-state index contributed by atoms with van der Waals surface area (Å²) in [7, 11) is 1.63. The van der Waals surface area contributed by atoms with Crippen LogP contribution in [0, 0.1) is 0 Å². The molecule has 2 aromatic heterocycles. The number of rotatable bonds is 5. The minimum atomic E-state index is -0.0800. The van der Waals surface area contributed by atoms with E-state index in [1.807, 2.05) is 47.8 Å². The van der Waals surface area contributed by atoms with Crippen molar-refractivity contribution in [1.29, 1.82) is 0 Å². The van der Waals surface area contributed by atoms with Crippen LogP contribution >= 0.6 is 11.3 Å². The van der Waals surface area contributed by atoms with Gasteiger partial charge in [0, 0.05) is 6.04 Å². The molecule has 0 aliphatic heterocycles. The Bertz CT molecular complexity index is 849. The monoisotopic (exact) mass is 339 g/mol. The van der Waals surface area contributed by atoms with Gasteiger partial charge in [0.05, 0.1) is 17.7 Å². The fourth-order valence-corrected chi connectivity index (χ4v) is 3.18. The number of amides is 1. The van der Waals surface area contributed by atoms with Crippen molar-refractivity contribution in [3.05, 3.63) is 53.5 Å². The van der Waals surface area contributed by atoms with Crippen molar-refractivity contribution in [2.45, 2.75) is 18.9 Å². The zero-order valence-corrected chi connectivity index (χ0v) is 14.0. The Labute approximate surface area is 143 Å². The molecule has 1 aliphatic carbocycles. The summed E-state index contributed by atoms with van der Waals surface area (Å²) in [5, 5.41) is 9.70. The first-order chi connectivity index (χ1) is 11.7. The number of nitrogens with one attached hydrogen (secondary N) is 1. The smallest absolute Gasteiger partial charge is 0.270 e. The van der Waals surface area contributed by atoms with Gasteiger partial charge in [-0.3, -0.25) is 4.79 Å². The molecular weight excluding hydrogens is 322 g/mol. The highest BCUT2D eigenvalue weighted by molar-refractivity contribution is 7.13. The second kappa shape index (κ2) is 6.13. The quantitative estimate of drug-likeness (QED) is 0.774. The molecule has 1 aliphatic rings. The van der Waals surface area contributed by atoms with Crippen LogP contribution in [-0.2, 0) is 0 Å². The van der Waals surface area contributed by atoms with Gasteiger partial charge in [0.15, 0.2) is 0 Å². The third-order valence-electron chi connectivity index (χ3n) is 3.95. The predicted molar refractivity (Wildman–Crippen MR) is 93.9 cm³/mol. The van der Waals surface area contributed by atoms with Crippen LogP contribution in [0.25, 0.3) is 16.3 Å². The number of nitrogens with zero attached hydrogens (tertiary/aromatic N) is 2. The highest BCUT2D eigenvalue weighted by Gasteiger charge is 2.26. The summed E-state index contributed by atoms with van der Waals surface area (Å²) in [5.41, 5.74) is 2.19. The first-order valence-electron chi connectivity index (χ1n) is 7.84. The number of carbonyl (C=O) groups is 1. The van der Waals surface area contributed by atoms with Gasteiger partial charge in [0.1, 0.15) is 17.1 Å². The third kappa shape index (κ3) is 2.92. The van der Waals surface area contributed by atoms with Crippen LogP contribution in [-0.4, -0.2) is 28.8 Å². The molecule has 0 spiro atoms. The van der Waals surface area contributed by atoms with Gasteiger partial charge in [-0.25, -0.2) is 4.68 Å². The second-order valence-electron chi connectivity index (χ2n) is 5.75. The van der Waals surface area contributed by atoms with Crippen LogP contribution in [0.2, 0.25) is 0 Å². The van der Waals surface area contributed by atoms with E-state index in [0.717, 1.165) is 34.8 Å². The van der Waals surface area contributed by atoms with Crippen LogP contribution in [0.15, 0.2) is 47.8 Å². The molecule has 0 unspecified atom stereocenters. The van der Waals surface area contributed by atoms with Crippen LogP contribution in [0.1, 0.15) is 23.3 Å². The number of methoxy groups -OCH3 is 1. The summed E-state index contributed by atoms with van der Waals surface area (Å²) in [6, 6.07) is 13.7. The van der Waals surface area contributed by atoms with E-state index in [1.165, 1.54) is 0 Å². The van der Waals surface area contributed by atoms with Crippen molar-refractivity contribution in [3.8, 4) is 22.0 Å². The van der Waals surface area contributed by atoms with Gasteiger partial charge in [-0.1, -0.05) is 6.07 Å². The molecule has 2 heterocycles. The third-order valence-corrected chi connectivity index (χ3v) is 4.84. The summed E-state index contributed by atoms with van der Waals surface area (Å²) < 4.78 is 6.90. The van der Waals surface area contributed by atoms with E-state index < -0.39 is 0 Å². The lowest BCUT2D eigenvalue weighted by molar-refractivity contribution is 0.0943. The molecule has 0 saturated heterocycles. The van der Waals surface area contributed by atoms with E-state index in [4.69, 9.17) is 4.74 Å². The van der Waals surface area contributed by atoms with E-state index in [0.29, 0.717) is 11.7 Å². The standard InChI is InChI=1S/C18H17N3O2S/c1-23-14-8-6-13(7-9-14)21-16(18(22)19-12-4-5-12)11-15(20-21)17-3-2-10-24-17/h2-3,6-12H,4-5H2,1H3,(H,19,22). The fourth-order valence-electron chi connectivity index (χ4n) is 2.49. The molecular formula is C18H17N3O2S. The Morgan fingerprint density at radius 1 is 1.29 bits per heavy atom. The minimum absolute atomic E-state index is 0.0800. The molecule has 0 atom stereocenters. The molecule has 1 aromatic carbocycles. The summed E-state index contributed by atoms with van der Waals surface area (Å²) in [6.07, 6.45) is 2.11. The first-order valence-corrected chi connectivity index (χ1v) is 8.72. The Kier molecular flexibility index (Phi) is 3.82. The number of benzene rings is 1. The maximum absolute atomic E-state index is 12.6. The fraction of sp³-hybridized carbons (Fsp3) is 0.222. The minimum Gasteiger partial charge on any atom is -0.497 e. The van der Waals surface area contributed by atoms with Crippen LogP contribution in [0.5, 0.6) is 5.75 Å². The number of thiophene rings is 1. The number of carbonyl (C=O) groups excluding carboxylic acids is 1. The maximum Gasteiger partial charge on any atom is 0.270 e. The van der Waals surface area contributed by atoms with E-state index >= 15 is 0 Å². The average molecular weight is 339 g/mol. The molecule has 5 nitrogen and oxygen atoms in total. The average Bonchev–Trinajstić information content (AvgIpc) is 3.10. The molecule has 122 valence electrons. The van der Waals surface area contributed by atoms with Gasteiger partial charge in [-0.05, 0) is 54.6 Å². The zero-order valence-electron chi connectivity index (χ0n) is 13.2. The topological polar surface area (TPSA) is 56.2 Å². The Hall–Kier alpha value is -2.60. The first kappa shape index (κ1) is 15.0. The van der Waals surface area contributed by atoms with Crippen molar-refractivity contribution in [3.63, 3.8) is 0 Å². The van der Waals surface area contributed by atoms with Crippen molar-refractivity contribution in [2.75, 3.05) is 7.11 Å². The Morgan fingerprint density at radius 3 is 2.71 bits per heavy atom. The van der Waals surface area contributed by atoms with Gasteiger partial charge in [0.2, 0.25) is 0 Å². The summed E-state index contributed by atoms with van der Waals surface area (Å²) >= 11 is 1.61. The lowest BCUT2D eigenvalue weighted by atomic mass is 10.2. The number of ether oxygens (including phenoxy) is 1. The number of hydrogen-bond donors (Lipinski definition) is 1. The molecule has 0 radical (unpaired) electrons. The maximum atomic E-state index is 12.6. The lowest BCUT2D eigenvalue weighted by Gasteiger charge is -2.08. The summed E-state index contributed by atoms with van der Waals surface area (Å²) in [5.74, 6) is 0.692. The largest absolute Gasteiger partial charge is 0.497 e. The SMILES string of the molecule is COc1ccc(-n2nc(-c3cccs3)cc2C(=O)NC2CC2)cc1. The molecule has 1 fully saturated rings. The van der Waals surface area contributed by atoms with Crippen LogP contribution < -0.4 is 10.1 Å². The molecule has 4 rings (SSSR count). The molecule has 1 saturated carbocycles. The zero-order chi connectivity index (χ0) is 16.5. The highest BCUT2D eigenvalue weighted by Crippen LogP contribution is 2.27. The van der Waals surface area contributed by atoms with E-state index in [9.17, 15) is 4.79 Å². The van der Waals surface area contributed by atoms with Crippen molar-refractivity contribution in [2.24, 2.45) is 0 Å². The molecule has 3 aromatic rings. The highest BCUT2D eigenvalue weighted by atomic mass is 32.1. The van der Waals surface area contributed by atoms with E-state index in [2.05, 4.69) is 10.4 Å². The van der Waals surface area contributed by atoms with Gasteiger partial charge >= 0.3 is 0 Å². The molecule has 6 heteroatoms.